The van der Waals surface area contributed by atoms with Gasteiger partial charge in [0.25, 0.3) is 5.91 Å². The summed E-state index contributed by atoms with van der Waals surface area (Å²) < 4.78 is 4.92. The minimum Gasteiger partial charge on any atom is -0.480 e. The van der Waals surface area contributed by atoms with Crippen LogP contribution < -0.4 is 9.64 Å². The smallest absolute Gasteiger partial charge is 0.333 e. The third kappa shape index (κ3) is 2.31. The fourth-order valence-corrected chi connectivity index (χ4v) is 2.28. The number of ether oxygens (including phenoxy) is 1. The zero-order valence-electron chi connectivity index (χ0n) is 11.9. The first-order valence-corrected chi connectivity index (χ1v) is 6.66. The van der Waals surface area contributed by atoms with Crippen molar-refractivity contribution in [1.29, 1.82) is 0 Å². The number of carbonyl (C=O) groups is 2. The maximum absolute atomic E-state index is 12.4. The predicted octanol–water partition coefficient (Wildman–Crippen LogP) is 1.44. The number of rotatable bonds is 5. The summed E-state index contributed by atoms with van der Waals surface area (Å²) in [4.78, 5) is 27.4. The minimum absolute atomic E-state index is 0.234. The van der Waals surface area contributed by atoms with E-state index in [-0.39, 0.29) is 17.8 Å². The molecule has 0 radical (unpaired) electrons. The van der Waals surface area contributed by atoms with Crippen LogP contribution in [0.5, 0.6) is 5.88 Å². The topological polar surface area (TPSA) is 75.6 Å². The molecule has 108 valence electrons. The molecule has 7 heteroatoms. The maximum Gasteiger partial charge on any atom is 0.333 e. The van der Waals surface area contributed by atoms with Gasteiger partial charge in [-0.1, -0.05) is 13.8 Å². The largest absolute Gasteiger partial charge is 0.480 e. The summed E-state index contributed by atoms with van der Waals surface area (Å²) in [6.07, 6.45) is 1.39. The number of urea groups is 1. The number of methoxy groups -OCH3 is 1. The zero-order chi connectivity index (χ0) is 14.7. The molecule has 1 saturated heterocycles. The summed E-state index contributed by atoms with van der Waals surface area (Å²) in [7, 11) is 1.48. The lowest BCUT2D eigenvalue weighted by Gasteiger charge is -2.19. The Morgan fingerprint density at radius 2 is 2.00 bits per heavy atom. The standard InChI is InChI=1S/C13H18N4O3/c1-4-8-16-9(5-2)12(18)17(13(16)19)10-6-7-11(20-3)15-14-10/h6-7,9H,4-5,8H2,1-3H3. The van der Waals surface area contributed by atoms with Crippen LogP contribution in [0.1, 0.15) is 26.7 Å². The van der Waals surface area contributed by atoms with E-state index < -0.39 is 6.04 Å². The maximum atomic E-state index is 12.4. The molecule has 2 heterocycles. The summed E-state index contributed by atoms with van der Waals surface area (Å²) in [6.45, 7) is 4.42. The van der Waals surface area contributed by atoms with Gasteiger partial charge < -0.3 is 9.64 Å². The highest BCUT2D eigenvalue weighted by Gasteiger charge is 2.45. The lowest BCUT2D eigenvalue weighted by Crippen LogP contribution is -2.35. The summed E-state index contributed by atoms with van der Waals surface area (Å²) >= 11 is 0. The molecule has 1 aliphatic heterocycles. The first-order chi connectivity index (χ1) is 9.63. The molecule has 0 aliphatic carbocycles. The van der Waals surface area contributed by atoms with Crippen LogP contribution in [-0.2, 0) is 4.79 Å². The van der Waals surface area contributed by atoms with Crippen LogP contribution in [-0.4, -0.2) is 46.7 Å². The zero-order valence-corrected chi connectivity index (χ0v) is 11.9. The molecule has 2 rings (SSSR count). The number of anilines is 1. The fourth-order valence-electron chi connectivity index (χ4n) is 2.28. The number of hydrogen-bond donors (Lipinski definition) is 0. The third-order valence-corrected chi connectivity index (χ3v) is 3.23. The molecule has 1 atom stereocenters. The fraction of sp³-hybridized carbons (Fsp3) is 0.538. The van der Waals surface area contributed by atoms with E-state index in [9.17, 15) is 9.59 Å². The quantitative estimate of drug-likeness (QED) is 0.762. The van der Waals surface area contributed by atoms with E-state index in [4.69, 9.17) is 4.74 Å². The van der Waals surface area contributed by atoms with Gasteiger partial charge in [0.15, 0.2) is 5.82 Å². The Bertz CT molecular complexity index is 503. The van der Waals surface area contributed by atoms with Crippen molar-refractivity contribution in [3.05, 3.63) is 12.1 Å². The van der Waals surface area contributed by atoms with Crippen molar-refractivity contribution >= 4 is 17.8 Å². The SMILES string of the molecule is CCCN1C(=O)N(c2ccc(OC)nn2)C(=O)C1CC. The van der Waals surface area contributed by atoms with Crippen LogP contribution in [0.25, 0.3) is 0 Å². The van der Waals surface area contributed by atoms with Crippen LogP contribution in [0.15, 0.2) is 12.1 Å². The van der Waals surface area contributed by atoms with E-state index in [0.29, 0.717) is 18.8 Å². The van der Waals surface area contributed by atoms with E-state index in [1.54, 1.807) is 17.0 Å². The van der Waals surface area contributed by atoms with Crippen LogP contribution in [0.4, 0.5) is 10.6 Å². The predicted molar refractivity (Wildman–Crippen MR) is 72.5 cm³/mol. The third-order valence-electron chi connectivity index (χ3n) is 3.23. The van der Waals surface area contributed by atoms with Crippen LogP contribution in [0, 0.1) is 0 Å². The van der Waals surface area contributed by atoms with Gasteiger partial charge >= 0.3 is 6.03 Å². The van der Waals surface area contributed by atoms with Crippen molar-refractivity contribution in [2.24, 2.45) is 0 Å². The second kappa shape index (κ2) is 5.85. The average Bonchev–Trinajstić information content (AvgIpc) is 2.70. The molecule has 0 aromatic carbocycles. The summed E-state index contributed by atoms with van der Waals surface area (Å²) in [6, 6.07) is 2.39. The van der Waals surface area contributed by atoms with Gasteiger partial charge in [-0.2, -0.15) is 0 Å². The number of imide groups is 1. The molecule has 0 N–H and O–H groups in total. The van der Waals surface area contributed by atoms with Crippen molar-refractivity contribution in [1.82, 2.24) is 15.1 Å². The van der Waals surface area contributed by atoms with Crippen molar-refractivity contribution in [3.8, 4) is 5.88 Å². The van der Waals surface area contributed by atoms with Gasteiger partial charge in [-0.3, -0.25) is 4.79 Å². The number of aromatic nitrogens is 2. The second-order valence-corrected chi connectivity index (χ2v) is 4.51. The van der Waals surface area contributed by atoms with E-state index in [2.05, 4.69) is 10.2 Å². The monoisotopic (exact) mass is 278 g/mol. The molecule has 20 heavy (non-hydrogen) atoms. The van der Waals surface area contributed by atoms with Crippen molar-refractivity contribution in [3.63, 3.8) is 0 Å². The first-order valence-electron chi connectivity index (χ1n) is 6.66. The van der Waals surface area contributed by atoms with E-state index in [1.165, 1.54) is 7.11 Å². The number of carbonyl (C=O) groups excluding carboxylic acids is 2. The van der Waals surface area contributed by atoms with Gasteiger partial charge in [-0.05, 0) is 18.9 Å². The molecule has 1 aromatic rings. The lowest BCUT2D eigenvalue weighted by atomic mass is 10.2. The summed E-state index contributed by atoms with van der Waals surface area (Å²) in [5.74, 6) is 0.327. The first kappa shape index (κ1) is 14.2. The molecule has 1 fully saturated rings. The Morgan fingerprint density at radius 3 is 2.50 bits per heavy atom. The molecule has 1 unspecified atom stereocenters. The van der Waals surface area contributed by atoms with Gasteiger partial charge in [0.05, 0.1) is 7.11 Å². The lowest BCUT2D eigenvalue weighted by molar-refractivity contribution is -0.119. The Kier molecular flexibility index (Phi) is 4.16. The molecule has 1 aliphatic rings. The van der Waals surface area contributed by atoms with E-state index >= 15 is 0 Å². The van der Waals surface area contributed by atoms with E-state index in [1.807, 2.05) is 13.8 Å². The molecule has 0 saturated carbocycles. The Hall–Kier alpha value is -2.18. The second-order valence-electron chi connectivity index (χ2n) is 4.51. The summed E-state index contributed by atoms with van der Waals surface area (Å²) in [5.41, 5.74) is 0. The summed E-state index contributed by atoms with van der Waals surface area (Å²) in [5, 5.41) is 7.67. The minimum atomic E-state index is -0.411. The number of hydrogen-bond acceptors (Lipinski definition) is 5. The van der Waals surface area contributed by atoms with Gasteiger partial charge in [-0.15, -0.1) is 10.2 Å². The normalized spacial score (nSPS) is 18.9. The number of amides is 3. The van der Waals surface area contributed by atoms with Gasteiger partial charge in [0.2, 0.25) is 5.88 Å². The molecular weight excluding hydrogens is 260 g/mol. The molecule has 7 nitrogen and oxygen atoms in total. The Morgan fingerprint density at radius 1 is 1.25 bits per heavy atom. The number of nitrogens with zero attached hydrogens (tertiary/aromatic N) is 4. The molecule has 3 amide bonds. The average molecular weight is 278 g/mol. The van der Waals surface area contributed by atoms with Gasteiger partial charge in [0, 0.05) is 12.6 Å². The Balaban J connectivity index is 2.30. The van der Waals surface area contributed by atoms with Crippen LogP contribution >= 0.6 is 0 Å². The highest BCUT2D eigenvalue weighted by Crippen LogP contribution is 2.25. The van der Waals surface area contributed by atoms with Crippen LogP contribution in [0.2, 0.25) is 0 Å². The van der Waals surface area contributed by atoms with Crippen LogP contribution in [0.3, 0.4) is 0 Å². The van der Waals surface area contributed by atoms with E-state index in [0.717, 1.165) is 11.3 Å². The highest BCUT2D eigenvalue weighted by atomic mass is 16.5. The van der Waals surface area contributed by atoms with Crippen molar-refractivity contribution in [2.75, 3.05) is 18.6 Å². The highest BCUT2D eigenvalue weighted by molar-refractivity contribution is 6.20. The molecule has 0 spiro atoms. The van der Waals surface area contributed by atoms with Crippen molar-refractivity contribution < 1.29 is 14.3 Å². The Labute approximate surface area is 117 Å². The molecular formula is C13H18N4O3. The molecule has 0 bridgehead atoms. The van der Waals surface area contributed by atoms with Crippen molar-refractivity contribution in [2.45, 2.75) is 32.7 Å². The molecule has 1 aromatic heterocycles. The van der Waals surface area contributed by atoms with Gasteiger partial charge in [-0.25, -0.2) is 9.69 Å². The van der Waals surface area contributed by atoms with Gasteiger partial charge in [0.1, 0.15) is 6.04 Å².